The van der Waals surface area contributed by atoms with E-state index in [1.165, 1.54) is 0 Å². The average molecular weight is 475 g/mol. The predicted octanol–water partition coefficient (Wildman–Crippen LogP) is 4.62. The van der Waals surface area contributed by atoms with Crippen molar-refractivity contribution < 1.29 is 4.79 Å². The van der Waals surface area contributed by atoms with Gasteiger partial charge < -0.3 is 10.2 Å². The first-order valence-electron chi connectivity index (χ1n) is 11.6. The molecule has 4 aromatic rings. The summed E-state index contributed by atoms with van der Waals surface area (Å²) in [5, 5.41) is 18.7. The molecule has 1 saturated heterocycles. The first kappa shape index (κ1) is 22.3. The number of nitrogens with one attached hydrogen (secondary N) is 1. The van der Waals surface area contributed by atoms with E-state index >= 15 is 0 Å². The Labute approximate surface area is 203 Å². The van der Waals surface area contributed by atoms with E-state index in [0.717, 1.165) is 58.7 Å². The zero-order valence-corrected chi connectivity index (χ0v) is 20.1. The van der Waals surface area contributed by atoms with Gasteiger partial charge in [0.25, 0.3) is 0 Å². The Morgan fingerprint density at radius 1 is 1.12 bits per heavy atom. The highest BCUT2D eigenvalue weighted by atomic mass is 35.5. The van der Waals surface area contributed by atoms with Crippen molar-refractivity contribution in [2.45, 2.75) is 33.2 Å². The number of rotatable bonds is 5. The zero-order valence-electron chi connectivity index (χ0n) is 19.3. The number of hydrogen-bond acceptors (Lipinski definition) is 5. The molecule has 3 heterocycles. The molecule has 2 aromatic heterocycles. The van der Waals surface area contributed by atoms with Crippen LogP contribution < -0.4 is 10.2 Å². The van der Waals surface area contributed by atoms with E-state index in [4.69, 9.17) is 16.7 Å². The molecule has 1 amide bonds. The molecule has 0 spiro atoms. The minimum absolute atomic E-state index is 0.0481. The molecule has 8 heteroatoms. The van der Waals surface area contributed by atoms with Gasteiger partial charge in [-0.3, -0.25) is 4.79 Å². The lowest BCUT2D eigenvalue weighted by Crippen LogP contribution is -2.43. The molecule has 1 atom stereocenters. The molecule has 0 aliphatic carbocycles. The van der Waals surface area contributed by atoms with Gasteiger partial charge in [0, 0.05) is 24.7 Å². The minimum Gasteiger partial charge on any atom is -0.352 e. The lowest BCUT2D eigenvalue weighted by atomic mass is 9.97. The van der Waals surface area contributed by atoms with Crippen LogP contribution in [0.15, 0.2) is 54.6 Å². The van der Waals surface area contributed by atoms with E-state index in [1.807, 2.05) is 66.2 Å². The van der Waals surface area contributed by atoms with Crippen molar-refractivity contribution in [3.63, 3.8) is 0 Å². The van der Waals surface area contributed by atoms with E-state index < -0.39 is 0 Å². The molecule has 1 fully saturated rings. The summed E-state index contributed by atoms with van der Waals surface area (Å²) in [5.74, 6) is 0.668. The number of amides is 1. The van der Waals surface area contributed by atoms with Crippen LogP contribution in [0.1, 0.15) is 29.8 Å². The zero-order chi connectivity index (χ0) is 23.7. The molecular weight excluding hydrogens is 448 g/mol. The lowest BCUT2D eigenvalue weighted by Gasteiger charge is -2.32. The molecule has 1 N–H and O–H groups in total. The molecule has 1 aliphatic heterocycles. The predicted molar refractivity (Wildman–Crippen MR) is 134 cm³/mol. The third kappa shape index (κ3) is 4.35. The van der Waals surface area contributed by atoms with Gasteiger partial charge in [0.15, 0.2) is 5.82 Å². The van der Waals surface area contributed by atoms with Crippen LogP contribution in [0.3, 0.4) is 0 Å². The number of fused-ring (bicyclic) bond motifs is 1. The monoisotopic (exact) mass is 474 g/mol. The number of carbonyl (C=O) groups excluding carboxylic acids is 1. The molecule has 1 aliphatic rings. The van der Waals surface area contributed by atoms with Gasteiger partial charge in [-0.25, -0.2) is 4.68 Å². The summed E-state index contributed by atoms with van der Waals surface area (Å²) in [4.78, 5) is 15.1. The molecule has 0 unspecified atom stereocenters. The van der Waals surface area contributed by atoms with Crippen molar-refractivity contribution in [1.29, 1.82) is 0 Å². The number of halogens is 1. The number of piperidine rings is 1. The number of anilines is 1. The number of carbonyl (C=O) groups is 1. The van der Waals surface area contributed by atoms with Gasteiger partial charge in [-0.15, -0.1) is 5.10 Å². The van der Waals surface area contributed by atoms with Crippen LogP contribution in [-0.2, 0) is 11.3 Å². The molecule has 0 bridgehead atoms. The van der Waals surface area contributed by atoms with Gasteiger partial charge >= 0.3 is 0 Å². The molecule has 0 radical (unpaired) electrons. The summed E-state index contributed by atoms with van der Waals surface area (Å²) < 4.78 is 1.95. The first-order chi connectivity index (χ1) is 16.5. The molecule has 7 nitrogen and oxygen atoms in total. The van der Waals surface area contributed by atoms with Gasteiger partial charge in [-0.1, -0.05) is 41.9 Å². The molecule has 5 rings (SSSR count). The minimum atomic E-state index is -0.122. The van der Waals surface area contributed by atoms with Crippen molar-refractivity contribution in [2.24, 2.45) is 5.92 Å². The number of aryl methyl sites for hydroxylation is 2. The van der Waals surface area contributed by atoms with Gasteiger partial charge in [0.2, 0.25) is 5.91 Å². The molecule has 174 valence electrons. The van der Waals surface area contributed by atoms with Crippen molar-refractivity contribution >= 4 is 34.2 Å². The second-order valence-electron chi connectivity index (χ2n) is 8.80. The third-order valence-corrected chi connectivity index (χ3v) is 6.67. The fourth-order valence-electron chi connectivity index (χ4n) is 4.71. The maximum absolute atomic E-state index is 13.0. The summed E-state index contributed by atoms with van der Waals surface area (Å²) in [6, 6.07) is 17.6. The molecule has 0 saturated carbocycles. The quantitative estimate of drug-likeness (QED) is 0.456. The van der Waals surface area contributed by atoms with Gasteiger partial charge in [0.05, 0.1) is 28.4 Å². The van der Waals surface area contributed by atoms with Crippen LogP contribution >= 0.6 is 11.6 Å². The third-order valence-electron chi connectivity index (χ3n) is 6.43. The smallest absolute Gasteiger partial charge is 0.225 e. The first-order valence-corrected chi connectivity index (χ1v) is 11.9. The van der Waals surface area contributed by atoms with Crippen LogP contribution in [0.2, 0.25) is 5.02 Å². The summed E-state index contributed by atoms with van der Waals surface area (Å²) in [6.07, 6.45) is 1.75. The Kier molecular flexibility index (Phi) is 6.20. The SMILES string of the molecule is Cc1nnc(N2CCC[C@H](C(=O)NCc3cccc(Cl)c3)C2)c2nn(-c3ccccc3)c(C)c12. The second-order valence-corrected chi connectivity index (χ2v) is 9.23. The molecule has 2 aromatic carbocycles. The highest BCUT2D eigenvalue weighted by Gasteiger charge is 2.29. The fourth-order valence-corrected chi connectivity index (χ4v) is 4.92. The summed E-state index contributed by atoms with van der Waals surface area (Å²) in [6.45, 7) is 5.90. The highest BCUT2D eigenvalue weighted by molar-refractivity contribution is 6.30. The normalized spacial score (nSPS) is 16.1. The Bertz CT molecular complexity index is 1340. The van der Waals surface area contributed by atoms with Gasteiger partial charge in [0.1, 0.15) is 5.52 Å². The van der Waals surface area contributed by atoms with Crippen LogP contribution in [0, 0.1) is 19.8 Å². The van der Waals surface area contributed by atoms with E-state index in [9.17, 15) is 4.79 Å². The standard InChI is InChI=1S/C26H27ClN6O/c1-17-23-18(2)33(22-11-4-3-5-12-22)31-24(23)25(30-29-17)32-13-7-9-20(16-32)26(34)28-15-19-8-6-10-21(27)14-19/h3-6,8,10-12,14,20H,7,9,13,15-16H2,1-2H3,(H,28,34)/t20-/m0/s1. The largest absolute Gasteiger partial charge is 0.352 e. The second kappa shape index (κ2) is 9.43. The summed E-state index contributed by atoms with van der Waals surface area (Å²) in [7, 11) is 0. The van der Waals surface area contributed by atoms with Gasteiger partial charge in [-0.05, 0) is 56.5 Å². The van der Waals surface area contributed by atoms with E-state index in [2.05, 4.69) is 27.3 Å². The van der Waals surface area contributed by atoms with Crippen molar-refractivity contribution in [3.05, 3.63) is 76.6 Å². The Hall–Kier alpha value is -3.45. The fraction of sp³-hybridized carbons (Fsp3) is 0.308. The lowest BCUT2D eigenvalue weighted by molar-refractivity contribution is -0.125. The number of benzene rings is 2. The molecular formula is C26H27ClN6O. The van der Waals surface area contributed by atoms with Crippen LogP contribution in [-0.4, -0.2) is 39.0 Å². The van der Waals surface area contributed by atoms with E-state index in [1.54, 1.807) is 0 Å². The topological polar surface area (TPSA) is 75.9 Å². The van der Waals surface area contributed by atoms with Crippen LogP contribution in [0.25, 0.3) is 16.6 Å². The van der Waals surface area contributed by atoms with Gasteiger partial charge in [-0.2, -0.15) is 10.2 Å². The number of hydrogen-bond donors (Lipinski definition) is 1. The van der Waals surface area contributed by atoms with Crippen LogP contribution in [0.5, 0.6) is 0 Å². The average Bonchev–Trinajstić information content (AvgIpc) is 3.21. The van der Waals surface area contributed by atoms with Crippen molar-refractivity contribution in [1.82, 2.24) is 25.3 Å². The number of nitrogens with zero attached hydrogens (tertiary/aromatic N) is 5. The molecule has 34 heavy (non-hydrogen) atoms. The maximum atomic E-state index is 13.0. The highest BCUT2D eigenvalue weighted by Crippen LogP contribution is 2.31. The summed E-state index contributed by atoms with van der Waals surface area (Å²) >= 11 is 6.07. The number of para-hydroxylation sites is 1. The van der Waals surface area contributed by atoms with E-state index in [-0.39, 0.29) is 11.8 Å². The van der Waals surface area contributed by atoms with E-state index in [0.29, 0.717) is 18.1 Å². The summed E-state index contributed by atoms with van der Waals surface area (Å²) in [5.41, 5.74) is 4.70. The Morgan fingerprint density at radius 3 is 2.74 bits per heavy atom. The number of aromatic nitrogens is 4. The van der Waals surface area contributed by atoms with Crippen molar-refractivity contribution in [3.8, 4) is 5.69 Å². The Morgan fingerprint density at radius 2 is 1.94 bits per heavy atom. The Balaban J connectivity index is 1.39. The van der Waals surface area contributed by atoms with Crippen molar-refractivity contribution in [2.75, 3.05) is 18.0 Å². The maximum Gasteiger partial charge on any atom is 0.225 e. The van der Waals surface area contributed by atoms with Crippen LogP contribution in [0.4, 0.5) is 5.82 Å².